The van der Waals surface area contributed by atoms with E-state index in [9.17, 15) is 4.79 Å². The standard InChI is InChI=1S/C23H26N6OS/c1-4-20(28(2)3)22-26-27-23(29(22)15-18-8-6-5-7-9-18)31-16-21(30)25-19-12-10-17(14-24)11-13-19/h5-13,20H,4,15-16H2,1-3H3,(H,25,30). The Balaban J connectivity index is 1.75. The molecule has 3 rings (SSSR count). The molecular weight excluding hydrogens is 408 g/mol. The minimum atomic E-state index is -0.134. The first-order valence-corrected chi connectivity index (χ1v) is 11.1. The molecule has 1 unspecified atom stereocenters. The van der Waals surface area contributed by atoms with Crippen molar-refractivity contribution in [1.82, 2.24) is 19.7 Å². The van der Waals surface area contributed by atoms with Gasteiger partial charge >= 0.3 is 0 Å². The van der Waals surface area contributed by atoms with Gasteiger partial charge in [0.1, 0.15) is 0 Å². The number of anilines is 1. The van der Waals surface area contributed by atoms with E-state index in [1.165, 1.54) is 11.8 Å². The number of hydrogen-bond acceptors (Lipinski definition) is 6. The van der Waals surface area contributed by atoms with Gasteiger partial charge in [0, 0.05) is 5.69 Å². The van der Waals surface area contributed by atoms with Crippen LogP contribution >= 0.6 is 11.8 Å². The Bertz CT molecular complexity index is 1040. The van der Waals surface area contributed by atoms with Crippen molar-refractivity contribution in [2.24, 2.45) is 0 Å². The second kappa shape index (κ2) is 10.8. The fourth-order valence-electron chi connectivity index (χ4n) is 3.30. The average Bonchev–Trinajstić information content (AvgIpc) is 3.16. The maximum Gasteiger partial charge on any atom is 0.234 e. The molecule has 1 aromatic heterocycles. The molecule has 0 radical (unpaired) electrons. The molecule has 2 aromatic carbocycles. The minimum absolute atomic E-state index is 0.134. The normalized spacial score (nSPS) is 11.8. The number of rotatable bonds is 9. The van der Waals surface area contributed by atoms with Crippen molar-refractivity contribution in [2.45, 2.75) is 31.1 Å². The third kappa shape index (κ3) is 5.94. The van der Waals surface area contributed by atoms with Gasteiger partial charge in [0.2, 0.25) is 5.91 Å². The molecule has 0 aliphatic carbocycles. The van der Waals surface area contributed by atoms with Crippen LogP contribution in [-0.2, 0) is 11.3 Å². The summed E-state index contributed by atoms with van der Waals surface area (Å²) in [7, 11) is 4.07. The van der Waals surface area contributed by atoms with E-state index in [0.29, 0.717) is 23.0 Å². The number of thioether (sulfide) groups is 1. The SMILES string of the molecule is CCC(c1nnc(SCC(=O)Nc2ccc(C#N)cc2)n1Cc1ccccc1)N(C)C. The van der Waals surface area contributed by atoms with Crippen molar-refractivity contribution in [3.8, 4) is 6.07 Å². The van der Waals surface area contributed by atoms with E-state index in [2.05, 4.69) is 50.1 Å². The largest absolute Gasteiger partial charge is 0.325 e. The summed E-state index contributed by atoms with van der Waals surface area (Å²) in [4.78, 5) is 14.6. The Morgan fingerprint density at radius 3 is 2.48 bits per heavy atom. The molecule has 0 fully saturated rings. The van der Waals surface area contributed by atoms with E-state index in [0.717, 1.165) is 17.8 Å². The highest BCUT2D eigenvalue weighted by atomic mass is 32.2. The van der Waals surface area contributed by atoms with Crippen LogP contribution in [0.1, 0.15) is 36.3 Å². The van der Waals surface area contributed by atoms with Crippen LogP contribution in [-0.4, -0.2) is 45.4 Å². The van der Waals surface area contributed by atoms with Gasteiger partial charge in [0.25, 0.3) is 0 Å². The fraction of sp³-hybridized carbons (Fsp3) is 0.304. The number of aromatic nitrogens is 3. The van der Waals surface area contributed by atoms with E-state index in [4.69, 9.17) is 5.26 Å². The van der Waals surface area contributed by atoms with E-state index >= 15 is 0 Å². The number of hydrogen-bond donors (Lipinski definition) is 1. The summed E-state index contributed by atoms with van der Waals surface area (Å²) in [6.45, 7) is 2.77. The van der Waals surface area contributed by atoms with Gasteiger partial charge < -0.3 is 9.88 Å². The highest BCUT2D eigenvalue weighted by Gasteiger charge is 2.22. The molecule has 7 nitrogen and oxygen atoms in total. The molecule has 1 N–H and O–H groups in total. The van der Waals surface area contributed by atoms with Crippen LogP contribution in [0.25, 0.3) is 0 Å². The minimum Gasteiger partial charge on any atom is -0.325 e. The van der Waals surface area contributed by atoms with Gasteiger partial charge in [0.15, 0.2) is 11.0 Å². The van der Waals surface area contributed by atoms with Crippen molar-refractivity contribution in [3.05, 3.63) is 71.5 Å². The number of carbonyl (C=O) groups excluding carboxylic acids is 1. The molecule has 160 valence electrons. The average molecular weight is 435 g/mol. The zero-order valence-electron chi connectivity index (χ0n) is 17.9. The van der Waals surface area contributed by atoms with Crippen molar-refractivity contribution < 1.29 is 4.79 Å². The van der Waals surface area contributed by atoms with Gasteiger partial charge in [-0.15, -0.1) is 10.2 Å². The monoisotopic (exact) mass is 434 g/mol. The van der Waals surface area contributed by atoms with E-state index in [1.54, 1.807) is 24.3 Å². The van der Waals surface area contributed by atoms with Crippen LogP contribution in [0.3, 0.4) is 0 Å². The molecular formula is C23H26N6OS. The molecule has 0 aliphatic heterocycles. The smallest absolute Gasteiger partial charge is 0.234 e. The number of nitrogens with zero attached hydrogens (tertiary/aromatic N) is 5. The lowest BCUT2D eigenvalue weighted by Gasteiger charge is -2.23. The summed E-state index contributed by atoms with van der Waals surface area (Å²) in [5.74, 6) is 0.975. The Morgan fingerprint density at radius 2 is 1.87 bits per heavy atom. The topological polar surface area (TPSA) is 86.8 Å². The molecule has 1 heterocycles. The van der Waals surface area contributed by atoms with Crippen LogP contribution in [0.5, 0.6) is 0 Å². The quantitative estimate of drug-likeness (QED) is 0.513. The molecule has 0 saturated heterocycles. The second-order valence-electron chi connectivity index (χ2n) is 7.33. The zero-order chi connectivity index (χ0) is 22.2. The number of benzene rings is 2. The fourth-order valence-corrected chi connectivity index (χ4v) is 4.05. The van der Waals surface area contributed by atoms with Gasteiger partial charge in [-0.25, -0.2) is 0 Å². The lowest BCUT2D eigenvalue weighted by Crippen LogP contribution is -2.23. The molecule has 0 saturated carbocycles. The Morgan fingerprint density at radius 1 is 1.16 bits per heavy atom. The molecule has 8 heteroatoms. The van der Waals surface area contributed by atoms with Crippen molar-refractivity contribution in [2.75, 3.05) is 25.2 Å². The summed E-state index contributed by atoms with van der Waals surface area (Å²) in [5.41, 5.74) is 2.37. The predicted molar refractivity (Wildman–Crippen MR) is 123 cm³/mol. The summed E-state index contributed by atoms with van der Waals surface area (Å²) in [6.07, 6.45) is 0.907. The Kier molecular flexibility index (Phi) is 7.82. The summed E-state index contributed by atoms with van der Waals surface area (Å²) in [5, 5.41) is 21.3. The van der Waals surface area contributed by atoms with Crippen LogP contribution < -0.4 is 5.32 Å². The molecule has 0 aliphatic rings. The molecule has 1 amide bonds. The number of nitriles is 1. The van der Waals surface area contributed by atoms with Crippen molar-refractivity contribution in [1.29, 1.82) is 5.26 Å². The van der Waals surface area contributed by atoms with Gasteiger partial charge in [-0.3, -0.25) is 9.69 Å². The zero-order valence-corrected chi connectivity index (χ0v) is 18.8. The first-order valence-electron chi connectivity index (χ1n) is 10.1. The first-order chi connectivity index (χ1) is 15.0. The molecule has 31 heavy (non-hydrogen) atoms. The number of amides is 1. The van der Waals surface area contributed by atoms with Crippen LogP contribution in [0.4, 0.5) is 5.69 Å². The van der Waals surface area contributed by atoms with Crippen molar-refractivity contribution >= 4 is 23.4 Å². The highest BCUT2D eigenvalue weighted by molar-refractivity contribution is 7.99. The Labute approximate surface area is 187 Å². The lowest BCUT2D eigenvalue weighted by atomic mass is 10.2. The summed E-state index contributed by atoms with van der Waals surface area (Å²) >= 11 is 1.37. The van der Waals surface area contributed by atoms with Crippen molar-refractivity contribution in [3.63, 3.8) is 0 Å². The summed E-state index contributed by atoms with van der Waals surface area (Å²) in [6, 6.07) is 19.2. The Hall–Kier alpha value is -3.15. The van der Waals surface area contributed by atoms with E-state index < -0.39 is 0 Å². The van der Waals surface area contributed by atoms with Crippen LogP contribution in [0.15, 0.2) is 59.8 Å². The van der Waals surface area contributed by atoms with Gasteiger partial charge in [-0.2, -0.15) is 5.26 Å². The predicted octanol–water partition coefficient (Wildman–Crippen LogP) is 3.94. The highest BCUT2D eigenvalue weighted by Crippen LogP contribution is 2.26. The summed E-state index contributed by atoms with van der Waals surface area (Å²) < 4.78 is 2.10. The second-order valence-corrected chi connectivity index (χ2v) is 8.27. The van der Waals surface area contributed by atoms with E-state index in [1.807, 2.05) is 32.3 Å². The van der Waals surface area contributed by atoms with Gasteiger partial charge in [0.05, 0.1) is 30.0 Å². The lowest BCUT2D eigenvalue weighted by molar-refractivity contribution is -0.113. The van der Waals surface area contributed by atoms with Crippen LogP contribution in [0, 0.1) is 11.3 Å². The molecule has 1 atom stereocenters. The van der Waals surface area contributed by atoms with E-state index in [-0.39, 0.29) is 17.7 Å². The van der Waals surface area contributed by atoms with Crippen LogP contribution in [0.2, 0.25) is 0 Å². The molecule has 3 aromatic rings. The van der Waals surface area contributed by atoms with Gasteiger partial charge in [-0.05, 0) is 50.3 Å². The van der Waals surface area contributed by atoms with Gasteiger partial charge in [-0.1, -0.05) is 49.0 Å². The first kappa shape index (κ1) is 22.5. The number of carbonyl (C=O) groups is 1. The maximum atomic E-state index is 12.5. The third-order valence-corrected chi connectivity index (χ3v) is 5.83. The number of nitrogens with one attached hydrogen (secondary N) is 1. The maximum absolute atomic E-state index is 12.5. The third-order valence-electron chi connectivity index (χ3n) is 4.87. The molecule has 0 bridgehead atoms. The molecule has 0 spiro atoms.